The molecule has 0 bridgehead atoms. The summed E-state index contributed by atoms with van der Waals surface area (Å²) in [6, 6.07) is 0.448. The number of carbonyl (C=O) groups excluding carboxylic acids is 1. The molecule has 1 saturated heterocycles. The predicted octanol–water partition coefficient (Wildman–Crippen LogP) is 1.63. The van der Waals surface area contributed by atoms with Gasteiger partial charge in [-0.05, 0) is 31.2 Å². The summed E-state index contributed by atoms with van der Waals surface area (Å²) in [5, 5.41) is 3.35. The van der Waals surface area contributed by atoms with E-state index in [4.69, 9.17) is 0 Å². The van der Waals surface area contributed by atoms with Crippen LogP contribution in [0.5, 0.6) is 0 Å². The highest BCUT2D eigenvalue weighted by Crippen LogP contribution is 2.52. The Morgan fingerprint density at radius 1 is 1.50 bits per heavy atom. The first-order valence-electron chi connectivity index (χ1n) is 6.57. The van der Waals surface area contributed by atoms with Gasteiger partial charge in [-0.15, -0.1) is 0 Å². The molecule has 16 heavy (non-hydrogen) atoms. The lowest BCUT2D eigenvalue weighted by Crippen LogP contribution is -2.43. The summed E-state index contributed by atoms with van der Waals surface area (Å²) in [5.41, 5.74) is 0.259. The Kier molecular flexibility index (Phi) is 3.24. The van der Waals surface area contributed by atoms with Gasteiger partial charge in [0.25, 0.3) is 0 Å². The van der Waals surface area contributed by atoms with Crippen LogP contribution in [0.2, 0.25) is 0 Å². The first-order valence-corrected chi connectivity index (χ1v) is 6.57. The van der Waals surface area contributed by atoms with Crippen LogP contribution in [0.25, 0.3) is 0 Å². The second kappa shape index (κ2) is 4.36. The van der Waals surface area contributed by atoms with Crippen molar-refractivity contribution in [3.05, 3.63) is 0 Å². The van der Waals surface area contributed by atoms with Crippen molar-refractivity contribution < 1.29 is 4.79 Å². The van der Waals surface area contributed by atoms with Crippen molar-refractivity contribution in [3.8, 4) is 0 Å². The first-order chi connectivity index (χ1) is 7.56. The fraction of sp³-hybridized carbons (Fsp3) is 0.923. The lowest BCUT2D eigenvalue weighted by Gasteiger charge is -2.29. The highest BCUT2D eigenvalue weighted by Gasteiger charge is 2.52. The Hall–Kier alpha value is -0.570. The number of hydrogen-bond acceptors (Lipinski definition) is 2. The van der Waals surface area contributed by atoms with E-state index in [0.29, 0.717) is 17.9 Å². The van der Waals surface area contributed by atoms with Crippen LogP contribution in [0.1, 0.15) is 40.0 Å². The highest BCUT2D eigenvalue weighted by atomic mass is 16.2. The number of nitrogens with zero attached hydrogens (tertiary/aromatic N) is 1. The lowest BCUT2D eigenvalue weighted by atomic mass is 10.1. The van der Waals surface area contributed by atoms with Crippen LogP contribution in [0, 0.1) is 11.3 Å². The summed E-state index contributed by atoms with van der Waals surface area (Å²) in [5.74, 6) is 0.695. The summed E-state index contributed by atoms with van der Waals surface area (Å²) < 4.78 is 0. The molecule has 3 heteroatoms. The quantitative estimate of drug-likeness (QED) is 0.787. The van der Waals surface area contributed by atoms with Gasteiger partial charge < -0.3 is 10.2 Å². The summed E-state index contributed by atoms with van der Waals surface area (Å²) >= 11 is 0. The smallest absolute Gasteiger partial charge is 0.226 e. The molecule has 2 atom stereocenters. The van der Waals surface area contributed by atoms with Crippen molar-refractivity contribution in [1.82, 2.24) is 10.2 Å². The molecule has 0 aromatic heterocycles. The van der Waals surface area contributed by atoms with Crippen LogP contribution in [-0.4, -0.2) is 36.5 Å². The van der Waals surface area contributed by atoms with Crippen LogP contribution in [0.3, 0.4) is 0 Å². The number of hydrogen-bond donors (Lipinski definition) is 1. The third-order valence-corrected chi connectivity index (χ3v) is 4.03. The molecule has 1 saturated carbocycles. The molecule has 2 rings (SSSR count). The van der Waals surface area contributed by atoms with E-state index in [1.165, 1.54) is 0 Å². The standard InChI is InChI=1S/C13H24N2O/c1-4-7-15(10-5-6-14-9-10)12(16)11-8-13(11,2)3/h10-11,14H,4-9H2,1-3H3. The largest absolute Gasteiger partial charge is 0.338 e. The molecule has 3 nitrogen and oxygen atoms in total. The second-order valence-electron chi connectivity index (χ2n) is 5.92. The number of carbonyl (C=O) groups is 1. The van der Waals surface area contributed by atoms with Crippen molar-refractivity contribution in [2.75, 3.05) is 19.6 Å². The molecule has 0 spiro atoms. The maximum Gasteiger partial charge on any atom is 0.226 e. The maximum atomic E-state index is 12.4. The molecule has 0 aromatic carbocycles. The van der Waals surface area contributed by atoms with Gasteiger partial charge in [-0.1, -0.05) is 20.8 Å². The Morgan fingerprint density at radius 3 is 2.62 bits per heavy atom. The summed E-state index contributed by atoms with van der Waals surface area (Å²) in [4.78, 5) is 14.5. The minimum Gasteiger partial charge on any atom is -0.338 e. The van der Waals surface area contributed by atoms with Crippen LogP contribution in [0.4, 0.5) is 0 Å². The molecule has 92 valence electrons. The van der Waals surface area contributed by atoms with E-state index in [1.54, 1.807) is 0 Å². The van der Waals surface area contributed by atoms with Gasteiger partial charge in [-0.3, -0.25) is 4.79 Å². The highest BCUT2D eigenvalue weighted by molar-refractivity contribution is 5.82. The Bertz CT molecular complexity index is 269. The maximum absolute atomic E-state index is 12.4. The number of rotatable bonds is 4. The normalized spacial score (nSPS) is 31.4. The van der Waals surface area contributed by atoms with Crippen molar-refractivity contribution in [1.29, 1.82) is 0 Å². The Morgan fingerprint density at radius 2 is 2.19 bits per heavy atom. The fourth-order valence-electron chi connectivity index (χ4n) is 2.71. The third kappa shape index (κ3) is 2.24. The molecule has 2 fully saturated rings. The van der Waals surface area contributed by atoms with Gasteiger partial charge in [0.2, 0.25) is 5.91 Å². The minimum absolute atomic E-state index is 0.259. The molecule has 1 heterocycles. The van der Waals surface area contributed by atoms with Crippen LogP contribution >= 0.6 is 0 Å². The average Bonchev–Trinajstić information content (AvgIpc) is 2.70. The van der Waals surface area contributed by atoms with Crippen LogP contribution in [0.15, 0.2) is 0 Å². The van der Waals surface area contributed by atoms with Crippen molar-refractivity contribution in [3.63, 3.8) is 0 Å². The zero-order valence-electron chi connectivity index (χ0n) is 10.8. The third-order valence-electron chi connectivity index (χ3n) is 4.03. The molecule has 0 radical (unpaired) electrons. The van der Waals surface area contributed by atoms with E-state index in [0.717, 1.165) is 38.9 Å². The van der Waals surface area contributed by atoms with Gasteiger partial charge in [0, 0.05) is 25.0 Å². The van der Waals surface area contributed by atoms with Crippen LogP contribution in [-0.2, 0) is 4.79 Å². The number of nitrogens with one attached hydrogen (secondary N) is 1. The minimum atomic E-state index is 0.259. The summed E-state index contributed by atoms with van der Waals surface area (Å²) in [7, 11) is 0. The summed E-state index contributed by atoms with van der Waals surface area (Å²) in [6.07, 6.45) is 3.26. The van der Waals surface area contributed by atoms with E-state index in [2.05, 4.69) is 31.0 Å². The van der Waals surface area contributed by atoms with Gasteiger partial charge in [-0.25, -0.2) is 0 Å². The molecule has 1 aliphatic carbocycles. The summed E-state index contributed by atoms with van der Waals surface area (Å²) in [6.45, 7) is 9.53. The fourth-order valence-corrected chi connectivity index (χ4v) is 2.71. The topological polar surface area (TPSA) is 32.3 Å². The van der Waals surface area contributed by atoms with E-state index in [1.807, 2.05) is 0 Å². The second-order valence-corrected chi connectivity index (χ2v) is 5.92. The first kappa shape index (κ1) is 11.9. The van der Waals surface area contributed by atoms with E-state index in [9.17, 15) is 4.79 Å². The van der Waals surface area contributed by atoms with Crippen molar-refractivity contribution >= 4 is 5.91 Å². The predicted molar refractivity (Wildman–Crippen MR) is 65.2 cm³/mol. The molecule has 1 aliphatic heterocycles. The van der Waals surface area contributed by atoms with Crippen molar-refractivity contribution in [2.24, 2.45) is 11.3 Å². The van der Waals surface area contributed by atoms with Crippen LogP contribution < -0.4 is 5.32 Å². The van der Waals surface area contributed by atoms with E-state index in [-0.39, 0.29) is 5.41 Å². The molecular formula is C13H24N2O. The zero-order chi connectivity index (χ0) is 11.8. The van der Waals surface area contributed by atoms with Gasteiger partial charge in [0.05, 0.1) is 0 Å². The molecule has 1 amide bonds. The Balaban J connectivity index is 1.98. The number of amides is 1. The van der Waals surface area contributed by atoms with Gasteiger partial charge in [0.1, 0.15) is 0 Å². The molecule has 0 aromatic rings. The van der Waals surface area contributed by atoms with Gasteiger partial charge in [-0.2, -0.15) is 0 Å². The Labute approximate surface area is 98.6 Å². The van der Waals surface area contributed by atoms with E-state index < -0.39 is 0 Å². The van der Waals surface area contributed by atoms with Gasteiger partial charge in [0.15, 0.2) is 0 Å². The monoisotopic (exact) mass is 224 g/mol. The molecule has 1 N–H and O–H groups in total. The SMILES string of the molecule is CCCN(C(=O)C1CC1(C)C)C1CCNC1. The average molecular weight is 224 g/mol. The van der Waals surface area contributed by atoms with E-state index >= 15 is 0 Å². The lowest BCUT2D eigenvalue weighted by molar-refractivity contribution is -0.135. The van der Waals surface area contributed by atoms with Crippen molar-refractivity contribution in [2.45, 2.75) is 46.1 Å². The molecule has 2 unspecified atom stereocenters. The molecule has 2 aliphatic rings. The zero-order valence-corrected chi connectivity index (χ0v) is 10.8. The van der Waals surface area contributed by atoms with Gasteiger partial charge >= 0.3 is 0 Å². The molecular weight excluding hydrogens is 200 g/mol.